The van der Waals surface area contributed by atoms with Crippen molar-refractivity contribution in [2.45, 2.75) is 177 Å². The predicted molar refractivity (Wildman–Crippen MR) is 209 cm³/mol. The second kappa shape index (κ2) is 24.2. The fourth-order valence-corrected chi connectivity index (χ4v) is 6.79. The number of hydrogen-bond donors (Lipinski definition) is 10. The number of carboxylic acids is 1. The van der Waals surface area contributed by atoms with E-state index < -0.39 is 129 Å². The molecule has 0 aliphatic carbocycles. The summed E-state index contributed by atoms with van der Waals surface area (Å²) in [6.07, 6.45) is -11.2. The number of rotatable bonds is 22. The number of carboxylic acid groups (broad SMARTS) is 1. The number of esters is 1. The number of aliphatic hydroxyl groups excluding tert-OH is 9. The van der Waals surface area contributed by atoms with E-state index in [0.29, 0.717) is 12.8 Å². The summed E-state index contributed by atoms with van der Waals surface area (Å²) >= 11 is 0. The van der Waals surface area contributed by atoms with E-state index in [4.69, 9.17) is 38.3 Å². The van der Waals surface area contributed by atoms with Gasteiger partial charge in [-0.25, -0.2) is 0 Å². The van der Waals surface area contributed by atoms with Crippen LogP contribution in [0.3, 0.4) is 0 Å². The Morgan fingerprint density at radius 1 is 0.700 bits per heavy atom. The lowest BCUT2D eigenvalue weighted by atomic mass is 9.95. The minimum absolute atomic E-state index is 0.131. The van der Waals surface area contributed by atoms with Crippen LogP contribution in [-0.2, 0) is 42.7 Å². The lowest BCUT2D eigenvalue weighted by molar-refractivity contribution is -0.363. The highest BCUT2D eigenvalue weighted by Gasteiger charge is 2.52. The first kappa shape index (κ1) is 51.6. The van der Waals surface area contributed by atoms with Gasteiger partial charge in [-0.05, 0) is 73.1 Å². The Bertz CT molecular complexity index is 1470. The van der Waals surface area contributed by atoms with Gasteiger partial charge in [0, 0.05) is 0 Å². The quantitative estimate of drug-likeness (QED) is 0.0377. The third kappa shape index (κ3) is 15.0. The van der Waals surface area contributed by atoms with Gasteiger partial charge in [0.1, 0.15) is 80.2 Å². The molecule has 0 aromatic heterocycles. The van der Waals surface area contributed by atoms with Crippen LogP contribution in [-0.4, -0.2) is 181 Å². The van der Waals surface area contributed by atoms with Crippen molar-refractivity contribution < 1.29 is 93.8 Å². The summed E-state index contributed by atoms with van der Waals surface area (Å²) in [5.41, 5.74) is 2.10. The number of allylic oxidation sites excluding steroid dienone is 5. The van der Waals surface area contributed by atoms with Crippen molar-refractivity contribution >= 4 is 11.9 Å². The molecule has 0 aromatic carbocycles. The maximum absolute atomic E-state index is 12.1. The standard InChI is InChI=1S/C41H66O19/c1-7-41(6,16-10-15-22(3)12-8-11-21(2)13-9-14-23(4)19-55-38-34(51)32(49)30(47)25(18-42)57-38)60-40-36(53)33(50)37(26(58-40)20-54-28(45)17-27(43)44)59-39-35(52)31(48)29(46)24(5)56-39/h7,11,14-15,24-26,29-40,42,46-53H,1,8-10,12-13,16-20H2,2-6H3,(H,43,44)/b21-11+,22-15+,23-14-/t24-,25+,26+,29-,30+,31+,32-,33+,34+,35+,36+,37+,38+,39-,40-,41+/m0/s1. The first-order valence-corrected chi connectivity index (χ1v) is 20.2. The Balaban J connectivity index is 1.52. The molecule has 3 rings (SSSR count). The van der Waals surface area contributed by atoms with Gasteiger partial charge in [-0.3, -0.25) is 9.59 Å². The van der Waals surface area contributed by atoms with E-state index in [1.165, 1.54) is 18.6 Å². The predicted octanol–water partition coefficient (Wildman–Crippen LogP) is -0.379. The highest BCUT2D eigenvalue weighted by atomic mass is 16.7. The van der Waals surface area contributed by atoms with Gasteiger partial charge in [0.25, 0.3) is 0 Å². The van der Waals surface area contributed by atoms with Gasteiger partial charge in [-0.15, -0.1) is 6.58 Å². The third-order valence-corrected chi connectivity index (χ3v) is 10.8. The van der Waals surface area contributed by atoms with E-state index in [-0.39, 0.29) is 6.61 Å². The molecule has 0 bridgehead atoms. The molecule has 3 aliphatic heterocycles. The van der Waals surface area contributed by atoms with Gasteiger partial charge in [0.15, 0.2) is 18.9 Å². The zero-order chi connectivity index (χ0) is 44.9. The van der Waals surface area contributed by atoms with Crippen molar-refractivity contribution in [1.82, 2.24) is 0 Å². The maximum Gasteiger partial charge on any atom is 0.317 e. The van der Waals surface area contributed by atoms with Crippen molar-refractivity contribution in [3.63, 3.8) is 0 Å². The smallest absolute Gasteiger partial charge is 0.317 e. The number of hydrogen-bond acceptors (Lipinski definition) is 18. The molecular formula is C41H66O19. The van der Waals surface area contributed by atoms with Crippen molar-refractivity contribution in [3.8, 4) is 0 Å². The van der Waals surface area contributed by atoms with E-state index in [0.717, 1.165) is 36.8 Å². The van der Waals surface area contributed by atoms with E-state index in [9.17, 15) is 55.5 Å². The van der Waals surface area contributed by atoms with E-state index in [1.807, 2.05) is 26.8 Å². The number of ether oxygens (including phenoxy) is 7. The van der Waals surface area contributed by atoms with Gasteiger partial charge < -0.3 is 84.2 Å². The van der Waals surface area contributed by atoms with E-state index >= 15 is 0 Å². The SMILES string of the molecule is C=C[C@](C)(CC/C=C(\C)CC/C=C(\C)CC/C=C(/C)CO[C@@H]1O[C@H](CO)[C@@H](O)[C@H](O)[C@H]1O)O[C@@H]1O[C@H](COC(=O)CC(=O)O)[C@@H](O[C@@H]2O[C@@H](C)[C@H](O)[C@@H](O)[C@H]2O)[C@H](O)[C@H]1O. The van der Waals surface area contributed by atoms with Crippen molar-refractivity contribution in [2.24, 2.45) is 0 Å². The highest BCUT2D eigenvalue weighted by molar-refractivity contribution is 5.90. The molecule has 0 aromatic rings. The summed E-state index contributed by atoms with van der Waals surface area (Å²) in [6.45, 7) is 11.9. The van der Waals surface area contributed by atoms with Crippen molar-refractivity contribution in [3.05, 3.63) is 47.6 Å². The monoisotopic (exact) mass is 862 g/mol. The fraction of sp³-hybridized carbons (Fsp3) is 0.756. The zero-order valence-electron chi connectivity index (χ0n) is 34.9. The first-order chi connectivity index (χ1) is 28.2. The number of carbonyl (C=O) groups is 2. The maximum atomic E-state index is 12.1. The van der Waals surface area contributed by atoms with Gasteiger partial charge in [-0.1, -0.05) is 41.0 Å². The van der Waals surface area contributed by atoms with Gasteiger partial charge in [0.2, 0.25) is 0 Å². The third-order valence-electron chi connectivity index (χ3n) is 10.8. The molecule has 0 spiro atoms. The van der Waals surface area contributed by atoms with Crippen LogP contribution in [0.1, 0.15) is 79.6 Å². The largest absolute Gasteiger partial charge is 0.481 e. The lowest BCUT2D eigenvalue weighted by Crippen LogP contribution is -2.64. The second-order valence-corrected chi connectivity index (χ2v) is 16.0. The number of carbonyl (C=O) groups excluding carboxylic acids is 1. The molecule has 3 saturated heterocycles. The van der Waals surface area contributed by atoms with Crippen LogP contribution in [0.2, 0.25) is 0 Å². The lowest BCUT2D eigenvalue weighted by Gasteiger charge is -2.47. The van der Waals surface area contributed by atoms with Gasteiger partial charge >= 0.3 is 11.9 Å². The molecule has 0 unspecified atom stereocenters. The summed E-state index contributed by atoms with van der Waals surface area (Å²) in [6, 6.07) is 0. The van der Waals surface area contributed by atoms with Crippen LogP contribution >= 0.6 is 0 Å². The Morgan fingerprint density at radius 3 is 1.85 bits per heavy atom. The summed E-state index contributed by atoms with van der Waals surface area (Å²) in [5.74, 6) is -2.55. The van der Waals surface area contributed by atoms with Crippen LogP contribution in [0, 0.1) is 0 Å². The molecule has 10 N–H and O–H groups in total. The molecule has 344 valence electrons. The Kier molecular flexibility index (Phi) is 20.9. The Morgan fingerprint density at radius 2 is 1.25 bits per heavy atom. The van der Waals surface area contributed by atoms with E-state index in [2.05, 4.69) is 18.7 Å². The van der Waals surface area contributed by atoms with Crippen LogP contribution in [0.4, 0.5) is 0 Å². The van der Waals surface area contributed by atoms with Crippen LogP contribution in [0.5, 0.6) is 0 Å². The van der Waals surface area contributed by atoms with E-state index in [1.54, 1.807) is 6.92 Å². The van der Waals surface area contributed by atoms with Crippen LogP contribution < -0.4 is 0 Å². The summed E-state index contributed by atoms with van der Waals surface area (Å²) in [5, 5.41) is 101. The minimum atomic E-state index is -1.78. The average molecular weight is 863 g/mol. The number of aliphatic hydroxyl groups is 9. The van der Waals surface area contributed by atoms with Gasteiger partial charge in [0.05, 0.1) is 24.9 Å². The second-order valence-electron chi connectivity index (χ2n) is 16.0. The normalized spacial score (nSPS) is 36.7. The molecule has 16 atom stereocenters. The molecule has 0 saturated carbocycles. The van der Waals surface area contributed by atoms with Crippen molar-refractivity contribution in [1.29, 1.82) is 0 Å². The van der Waals surface area contributed by atoms with Gasteiger partial charge in [-0.2, -0.15) is 0 Å². The molecule has 0 radical (unpaired) electrons. The fourth-order valence-electron chi connectivity index (χ4n) is 6.79. The highest BCUT2D eigenvalue weighted by Crippen LogP contribution is 2.33. The Labute approximate surface area is 350 Å². The molecular weight excluding hydrogens is 796 g/mol. The average Bonchev–Trinajstić information content (AvgIpc) is 3.19. The molecule has 19 heteroatoms. The number of aliphatic carboxylic acids is 1. The summed E-state index contributed by atoms with van der Waals surface area (Å²) in [7, 11) is 0. The molecule has 0 amide bonds. The zero-order valence-corrected chi connectivity index (χ0v) is 34.9. The van der Waals surface area contributed by atoms with Crippen molar-refractivity contribution in [2.75, 3.05) is 19.8 Å². The molecule has 3 fully saturated rings. The molecule has 60 heavy (non-hydrogen) atoms. The minimum Gasteiger partial charge on any atom is -0.481 e. The molecule has 19 nitrogen and oxygen atoms in total. The summed E-state index contributed by atoms with van der Waals surface area (Å²) in [4.78, 5) is 23.1. The first-order valence-electron chi connectivity index (χ1n) is 20.2. The molecule has 3 heterocycles. The Hall–Kier alpha value is -2.70. The molecule has 3 aliphatic rings. The van der Waals surface area contributed by atoms with Crippen LogP contribution in [0.25, 0.3) is 0 Å². The topological polar surface area (TPSA) is 301 Å². The van der Waals surface area contributed by atoms with Crippen LogP contribution in [0.15, 0.2) is 47.6 Å². The summed E-state index contributed by atoms with van der Waals surface area (Å²) < 4.78 is 39.3.